The van der Waals surface area contributed by atoms with Crippen molar-refractivity contribution in [2.24, 2.45) is 0 Å². The van der Waals surface area contributed by atoms with Crippen LogP contribution in [0.15, 0.2) is 59.3 Å². The lowest BCUT2D eigenvalue weighted by molar-refractivity contribution is 0.415. The number of hydrogen-bond acceptors (Lipinski definition) is 6. The molecule has 0 aliphatic heterocycles. The number of nitrogens with zero attached hydrogens (tertiary/aromatic N) is 2. The van der Waals surface area contributed by atoms with Gasteiger partial charge in [0.05, 0.1) is 25.6 Å². The molecule has 2 heterocycles. The Kier molecular flexibility index (Phi) is 4.69. The van der Waals surface area contributed by atoms with Crippen molar-refractivity contribution in [3.8, 4) is 44.0 Å². The first-order valence-corrected chi connectivity index (χ1v) is 9.73. The van der Waals surface area contributed by atoms with E-state index in [1.165, 1.54) is 0 Å². The highest BCUT2D eigenvalue weighted by atomic mass is 32.1. The van der Waals surface area contributed by atoms with Crippen LogP contribution in [0.4, 0.5) is 0 Å². The summed E-state index contributed by atoms with van der Waals surface area (Å²) in [5.41, 5.74) is 4.04. The molecule has 0 aliphatic rings. The first-order chi connectivity index (χ1) is 12.8. The standard InChI is InChI=1S/C20H16N2O2S2/c1-23-15-7-3-13(4-8-15)17-11-25-19(21-17)20-22-18(12-26-20)14-5-9-16(24-2)10-6-14/h3-12H,1-2H3. The van der Waals surface area contributed by atoms with Gasteiger partial charge in [-0.05, 0) is 48.5 Å². The Balaban J connectivity index is 1.58. The average Bonchev–Trinajstić information content (AvgIpc) is 3.38. The summed E-state index contributed by atoms with van der Waals surface area (Å²) in [5.74, 6) is 1.68. The van der Waals surface area contributed by atoms with Gasteiger partial charge in [0.2, 0.25) is 0 Å². The maximum Gasteiger partial charge on any atom is 0.152 e. The van der Waals surface area contributed by atoms with E-state index in [4.69, 9.17) is 19.4 Å². The van der Waals surface area contributed by atoms with Gasteiger partial charge >= 0.3 is 0 Å². The van der Waals surface area contributed by atoms with Crippen LogP contribution in [0.2, 0.25) is 0 Å². The molecule has 0 unspecified atom stereocenters. The summed E-state index contributed by atoms with van der Waals surface area (Å²) in [7, 11) is 3.33. The van der Waals surface area contributed by atoms with Crippen molar-refractivity contribution in [2.45, 2.75) is 0 Å². The predicted molar refractivity (Wildman–Crippen MR) is 107 cm³/mol. The molecule has 0 fully saturated rings. The lowest BCUT2D eigenvalue weighted by Crippen LogP contribution is -1.84. The fourth-order valence-corrected chi connectivity index (χ4v) is 4.24. The Bertz CT molecular complexity index is 921. The second-order valence-corrected chi connectivity index (χ2v) is 7.25. The summed E-state index contributed by atoms with van der Waals surface area (Å²) in [6.07, 6.45) is 0. The van der Waals surface area contributed by atoms with Crippen LogP contribution in [0, 0.1) is 0 Å². The fourth-order valence-electron chi connectivity index (χ4n) is 2.53. The second-order valence-electron chi connectivity index (χ2n) is 5.53. The van der Waals surface area contributed by atoms with Crippen LogP contribution < -0.4 is 9.47 Å². The van der Waals surface area contributed by atoms with E-state index in [1.54, 1.807) is 36.9 Å². The number of methoxy groups -OCH3 is 2. The normalized spacial score (nSPS) is 10.7. The molecular weight excluding hydrogens is 364 g/mol. The minimum absolute atomic E-state index is 0.841. The van der Waals surface area contributed by atoms with Crippen molar-refractivity contribution in [3.05, 3.63) is 59.3 Å². The summed E-state index contributed by atoms with van der Waals surface area (Å²) in [6.45, 7) is 0. The Morgan fingerprint density at radius 1 is 0.615 bits per heavy atom. The van der Waals surface area contributed by atoms with Crippen LogP contribution in [0.3, 0.4) is 0 Å². The van der Waals surface area contributed by atoms with E-state index in [0.717, 1.165) is 44.0 Å². The second kappa shape index (κ2) is 7.27. The largest absolute Gasteiger partial charge is 0.497 e. The van der Waals surface area contributed by atoms with Gasteiger partial charge in [-0.3, -0.25) is 0 Å². The Morgan fingerprint density at radius 3 is 1.35 bits per heavy atom. The third kappa shape index (κ3) is 3.34. The summed E-state index contributed by atoms with van der Waals surface area (Å²) in [4.78, 5) is 9.49. The molecule has 4 aromatic rings. The fraction of sp³-hybridized carbons (Fsp3) is 0.100. The van der Waals surface area contributed by atoms with E-state index < -0.39 is 0 Å². The topological polar surface area (TPSA) is 44.2 Å². The van der Waals surface area contributed by atoms with Crippen LogP contribution >= 0.6 is 22.7 Å². The molecule has 0 atom stereocenters. The molecule has 0 saturated carbocycles. The molecule has 130 valence electrons. The predicted octanol–water partition coefficient (Wildman–Crippen LogP) is 5.62. The highest BCUT2D eigenvalue weighted by molar-refractivity contribution is 7.20. The van der Waals surface area contributed by atoms with E-state index in [0.29, 0.717) is 0 Å². The monoisotopic (exact) mass is 380 g/mol. The molecule has 0 radical (unpaired) electrons. The third-order valence-corrected chi connectivity index (χ3v) is 5.79. The molecule has 2 aromatic heterocycles. The Labute approximate surface area is 159 Å². The minimum atomic E-state index is 0.841. The van der Waals surface area contributed by atoms with Crippen LogP contribution in [0.1, 0.15) is 0 Å². The van der Waals surface area contributed by atoms with Gasteiger partial charge in [0, 0.05) is 21.9 Å². The summed E-state index contributed by atoms with van der Waals surface area (Å²) in [6, 6.07) is 15.8. The van der Waals surface area contributed by atoms with E-state index >= 15 is 0 Å². The zero-order chi connectivity index (χ0) is 17.9. The number of aromatic nitrogens is 2. The zero-order valence-corrected chi connectivity index (χ0v) is 15.9. The van der Waals surface area contributed by atoms with Gasteiger partial charge in [-0.2, -0.15) is 0 Å². The van der Waals surface area contributed by atoms with Crippen molar-refractivity contribution in [1.82, 2.24) is 9.97 Å². The lowest BCUT2D eigenvalue weighted by Gasteiger charge is -2.00. The van der Waals surface area contributed by atoms with Gasteiger partial charge in [-0.1, -0.05) is 0 Å². The molecule has 0 saturated heterocycles. The number of benzene rings is 2. The molecule has 26 heavy (non-hydrogen) atoms. The summed E-state index contributed by atoms with van der Waals surface area (Å²) in [5, 5.41) is 5.98. The molecule has 0 bridgehead atoms. The Morgan fingerprint density at radius 2 is 1.00 bits per heavy atom. The van der Waals surface area contributed by atoms with E-state index in [1.807, 2.05) is 48.5 Å². The molecule has 2 aromatic carbocycles. The van der Waals surface area contributed by atoms with Gasteiger partial charge in [0.15, 0.2) is 10.0 Å². The van der Waals surface area contributed by atoms with Crippen molar-refractivity contribution >= 4 is 22.7 Å². The lowest BCUT2D eigenvalue weighted by atomic mass is 10.2. The van der Waals surface area contributed by atoms with Crippen LogP contribution in [0.5, 0.6) is 11.5 Å². The number of rotatable bonds is 5. The van der Waals surface area contributed by atoms with E-state index in [2.05, 4.69) is 10.8 Å². The molecule has 0 amide bonds. The molecule has 4 nitrogen and oxygen atoms in total. The minimum Gasteiger partial charge on any atom is -0.497 e. The average molecular weight is 380 g/mol. The van der Waals surface area contributed by atoms with Crippen molar-refractivity contribution in [1.29, 1.82) is 0 Å². The molecule has 6 heteroatoms. The smallest absolute Gasteiger partial charge is 0.152 e. The third-order valence-electron chi connectivity index (χ3n) is 3.96. The number of ether oxygens (including phenoxy) is 2. The quantitative estimate of drug-likeness (QED) is 0.451. The SMILES string of the molecule is COc1ccc(-c2csc(-c3nc(-c4ccc(OC)cc4)cs3)n2)cc1. The van der Waals surface area contributed by atoms with E-state index in [-0.39, 0.29) is 0 Å². The highest BCUT2D eigenvalue weighted by Crippen LogP contribution is 2.34. The van der Waals surface area contributed by atoms with Crippen LogP contribution in [0.25, 0.3) is 32.5 Å². The van der Waals surface area contributed by atoms with Crippen molar-refractivity contribution in [3.63, 3.8) is 0 Å². The summed E-state index contributed by atoms with van der Waals surface area (Å²) >= 11 is 3.22. The van der Waals surface area contributed by atoms with Gasteiger partial charge < -0.3 is 9.47 Å². The molecule has 0 aliphatic carbocycles. The maximum absolute atomic E-state index is 5.20. The van der Waals surface area contributed by atoms with Crippen molar-refractivity contribution in [2.75, 3.05) is 14.2 Å². The van der Waals surface area contributed by atoms with Gasteiger partial charge in [-0.25, -0.2) is 9.97 Å². The first-order valence-electron chi connectivity index (χ1n) is 7.97. The number of thiazole rings is 2. The van der Waals surface area contributed by atoms with Crippen LogP contribution in [-0.2, 0) is 0 Å². The van der Waals surface area contributed by atoms with Crippen molar-refractivity contribution < 1.29 is 9.47 Å². The Hall–Kier alpha value is -2.70. The maximum atomic E-state index is 5.20. The van der Waals surface area contributed by atoms with E-state index in [9.17, 15) is 0 Å². The highest BCUT2D eigenvalue weighted by Gasteiger charge is 2.12. The summed E-state index contributed by atoms with van der Waals surface area (Å²) < 4.78 is 10.4. The number of hydrogen-bond donors (Lipinski definition) is 0. The van der Waals surface area contributed by atoms with Gasteiger partial charge in [-0.15, -0.1) is 22.7 Å². The van der Waals surface area contributed by atoms with Crippen LogP contribution in [-0.4, -0.2) is 24.2 Å². The molecule has 0 spiro atoms. The van der Waals surface area contributed by atoms with Gasteiger partial charge in [0.1, 0.15) is 11.5 Å². The first kappa shape index (κ1) is 16.8. The van der Waals surface area contributed by atoms with Gasteiger partial charge in [0.25, 0.3) is 0 Å². The molecular formula is C20H16N2O2S2. The molecule has 4 rings (SSSR count). The zero-order valence-electron chi connectivity index (χ0n) is 14.3. The molecule has 0 N–H and O–H groups in total.